The monoisotopic (exact) mass is 517 g/mol. The van der Waals surface area contributed by atoms with Crippen LogP contribution in [0.25, 0.3) is 10.9 Å². The summed E-state index contributed by atoms with van der Waals surface area (Å²) in [6.07, 6.45) is 4.30. The zero-order chi connectivity index (χ0) is 23.0. The summed E-state index contributed by atoms with van der Waals surface area (Å²) in [5.74, 6) is -0.319. The van der Waals surface area contributed by atoms with Crippen molar-refractivity contribution in [2.24, 2.45) is 0 Å². The molecular formula is C23H24BrN3O4S. The first kappa shape index (κ1) is 22.5. The van der Waals surface area contributed by atoms with Crippen molar-refractivity contribution in [3.63, 3.8) is 0 Å². The Morgan fingerprint density at radius 1 is 1.16 bits per heavy atom. The number of sulfonamides is 1. The predicted octanol–water partition coefficient (Wildman–Crippen LogP) is 4.13. The number of piperidine rings is 1. The number of anilines is 1. The highest BCUT2D eigenvalue weighted by Crippen LogP contribution is 2.25. The zero-order valence-corrected chi connectivity index (χ0v) is 20.2. The summed E-state index contributed by atoms with van der Waals surface area (Å²) in [7, 11) is -2.44. The molecule has 2 heterocycles. The molecule has 1 N–H and O–H groups in total. The van der Waals surface area contributed by atoms with Crippen LogP contribution in [0.3, 0.4) is 0 Å². The summed E-state index contributed by atoms with van der Waals surface area (Å²) in [6.45, 7) is 2.60. The quantitative estimate of drug-likeness (QED) is 0.563. The van der Waals surface area contributed by atoms with E-state index in [1.807, 2.05) is 6.92 Å². The minimum absolute atomic E-state index is 0.0168. The molecule has 3 aromatic rings. The highest BCUT2D eigenvalue weighted by Gasteiger charge is 2.27. The van der Waals surface area contributed by atoms with Crippen LogP contribution in [0, 0.1) is 0 Å². The van der Waals surface area contributed by atoms with E-state index >= 15 is 0 Å². The Kier molecular flexibility index (Phi) is 6.13. The Labute approximate surface area is 195 Å². The maximum Gasteiger partial charge on any atom is 0.264 e. The fourth-order valence-corrected chi connectivity index (χ4v) is 5.51. The van der Waals surface area contributed by atoms with Crippen molar-refractivity contribution in [3.05, 3.63) is 68.9 Å². The number of hydrogen-bond donors (Lipinski definition) is 1. The molecule has 9 heteroatoms. The molecule has 0 bridgehead atoms. The van der Waals surface area contributed by atoms with Crippen LogP contribution in [0.1, 0.15) is 36.5 Å². The topological polar surface area (TPSA) is 90.6 Å². The SMILES string of the molecule is CC1CCCCN1C(=O)c1c[nH]c2ccc(S(=O)(=O)N(C)c3ccc(Br)cc3)cc2c1=O. The van der Waals surface area contributed by atoms with Crippen LogP contribution in [-0.2, 0) is 10.0 Å². The van der Waals surface area contributed by atoms with E-state index in [4.69, 9.17) is 0 Å². The molecule has 4 rings (SSSR count). The van der Waals surface area contributed by atoms with Crippen molar-refractivity contribution in [1.82, 2.24) is 9.88 Å². The van der Waals surface area contributed by atoms with Crippen molar-refractivity contribution in [3.8, 4) is 0 Å². The second-order valence-electron chi connectivity index (χ2n) is 8.03. The molecule has 1 amide bonds. The number of hydrogen-bond acceptors (Lipinski definition) is 4. The van der Waals surface area contributed by atoms with Gasteiger partial charge in [0.1, 0.15) is 5.56 Å². The smallest absolute Gasteiger partial charge is 0.264 e. The number of aromatic amines is 1. The van der Waals surface area contributed by atoms with Crippen LogP contribution in [0.15, 0.2) is 62.8 Å². The first-order valence-corrected chi connectivity index (χ1v) is 12.6. The van der Waals surface area contributed by atoms with E-state index in [0.717, 1.165) is 23.7 Å². The van der Waals surface area contributed by atoms with Crippen molar-refractivity contribution < 1.29 is 13.2 Å². The van der Waals surface area contributed by atoms with Gasteiger partial charge >= 0.3 is 0 Å². The number of pyridine rings is 1. The third kappa shape index (κ3) is 4.06. The number of carbonyl (C=O) groups is 1. The average Bonchev–Trinajstić information content (AvgIpc) is 2.79. The average molecular weight is 518 g/mol. The number of aromatic nitrogens is 1. The fraction of sp³-hybridized carbons (Fsp3) is 0.304. The maximum atomic E-state index is 13.2. The molecule has 168 valence electrons. The molecule has 7 nitrogen and oxygen atoms in total. The Hall–Kier alpha value is -2.65. The Balaban J connectivity index is 1.75. The summed E-state index contributed by atoms with van der Waals surface area (Å²) >= 11 is 3.34. The van der Waals surface area contributed by atoms with E-state index in [1.165, 1.54) is 29.7 Å². The molecule has 1 aliphatic heterocycles. The lowest BCUT2D eigenvalue weighted by atomic mass is 10.0. The van der Waals surface area contributed by atoms with Gasteiger partial charge in [-0.25, -0.2) is 8.42 Å². The van der Waals surface area contributed by atoms with E-state index in [1.54, 1.807) is 35.2 Å². The summed E-state index contributed by atoms with van der Waals surface area (Å²) in [4.78, 5) is 30.9. The first-order valence-electron chi connectivity index (χ1n) is 10.4. The third-order valence-corrected chi connectivity index (χ3v) is 8.31. The Morgan fingerprint density at radius 3 is 2.56 bits per heavy atom. The number of nitrogens with one attached hydrogen (secondary N) is 1. The Bertz CT molecular complexity index is 1340. The van der Waals surface area contributed by atoms with Gasteiger partial charge in [0, 0.05) is 41.2 Å². The van der Waals surface area contributed by atoms with Gasteiger partial charge < -0.3 is 9.88 Å². The van der Waals surface area contributed by atoms with Gasteiger partial charge in [-0.1, -0.05) is 15.9 Å². The van der Waals surface area contributed by atoms with E-state index < -0.39 is 15.5 Å². The van der Waals surface area contributed by atoms with Gasteiger partial charge in [-0.2, -0.15) is 0 Å². The maximum absolute atomic E-state index is 13.2. The number of amides is 1. The lowest BCUT2D eigenvalue weighted by Crippen LogP contribution is -2.43. The van der Waals surface area contributed by atoms with Crippen LogP contribution in [-0.4, -0.2) is 43.8 Å². The standard InChI is InChI=1S/C23H24BrN3O4S/c1-15-5-3-4-12-27(15)23(29)20-14-25-21-11-10-18(13-19(21)22(20)28)32(30,31)26(2)17-8-6-16(24)7-9-17/h6-11,13-15H,3-5,12H2,1-2H3,(H,25,28). The molecule has 1 unspecified atom stereocenters. The van der Waals surface area contributed by atoms with Gasteiger partial charge in [-0.3, -0.25) is 13.9 Å². The molecule has 1 fully saturated rings. The van der Waals surface area contributed by atoms with Crippen LogP contribution in [0.4, 0.5) is 5.69 Å². The molecule has 2 aromatic carbocycles. The number of H-pyrrole nitrogens is 1. The fourth-order valence-electron chi connectivity index (χ4n) is 4.02. The second-order valence-corrected chi connectivity index (χ2v) is 10.9. The van der Waals surface area contributed by atoms with E-state index in [2.05, 4.69) is 20.9 Å². The number of carbonyl (C=O) groups excluding carboxylic acids is 1. The molecule has 0 spiro atoms. The van der Waals surface area contributed by atoms with Crippen molar-refractivity contribution in [2.75, 3.05) is 17.9 Å². The first-order chi connectivity index (χ1) is 15.2. The van der Waals surface area contributed by atoms with Gasteiger partial charge in [0.05, 0.1) is 10.6 Å². The van der Waals surface area contributed by atoms with Crippen molar-refractivity contribution in [1.29, 1.82) is 0 Å². The number of benzene rings is 2. The minimum atomic E-state index is -3.91. The number of halogens is 1. The Morgan fingerprint density at radius 2 is 1.88 bits per heavy atom. The minimum Gasteiger partial charge on any atom is -0.360 e. The summed E-state index contributed by atoms with van der Waals surface area (Å²) < 4.78 is 28.4. The van der Waals surface area contributed by atoms with E-state index in [-0.39, 0.29) is 27.8 Å². The van der Waals surface area contributed by atoms with Crippen LogP contribution < -0.4 is 9.73 Å². The van der Waals surface area contributed by atoms with Crippen LogP contribution in [0.5, 0.6) is 0 Å². The van der Waals surface area contributed by atoms with E-state index in [0.29, 0.717) is 17.7 Å². The lowest BCUT2D eigenvalue weighted by molar-refractivity contribution is 0.0634. The molecule has 1 aliphatic rings. The van der Waals surface area contributed by atoms with Crippen molar-refractivity contribution >= 4 is 48.5 Å². The summed E-state index contributed by atoms with van der Waals surface area (Å²) in [6, 6.07) is 11.3. The lowest BCUT2D eigenvalue weighted by Gasteiger charge is -2.33. The predicted molar refractivity (Wildman–Crippen MR) is 129 cm³/mol. The molecule has 0 aliphatic carbocycles. The van der Waals surface area contributed by atoms with Crippen LogP contribution in [0.2, 0.25) is 0 Å². The molecule has 1 atom stereocenters. The highest BCUT2D eigenvalue weighted by atomic mass is 79.9. The van der Waals surface area contributed by atoms with Gasteiger partial charge in [0.15, 0.2) is 0 Å². The number of nitrogens with zero attached hydrogens (tertiary/aromatic N) is 2. The summed E-state index contributed by atoms with van der Waals surface area (Å²) in [5.41, 5.74) is 0.528. The zero-order valence-electron chi connectivity index (χ0n) is 17.8. The molecule has 0 radical (unpaired) electrons. The largest absolute Gasteiger partial charge is 0.360 e. The van der Waals surface area contributed by atoms with Crippen LogP contribution >= 0.6 is 15.9 Å². The third-order valence-electron chi connectivity index (χ3n) is 6.00. The number of rotatable bonds is 4. The van der Waals surface area contributed by atoms with Gasteiger partial charge in [-0.05, 0) is 68.7 Å². The number of likely N-dealkylation sites (tertiary alicyclic amines) is 1. The molecule has 1 aromatic heterocycles. The van der Waals surface area contributed by atoms with Gasteiger partial charge in [-0.15, -0.1) is 0 Å². The van der Waals surface area contributed by atoms with Crippen molar-refractivity contribution in [2.45, 2.75) is 37.1 Å². The second kappa shape index (κ2) is 8.71. The normalized spacial score (nSPS) is 16.8. The molecule has 0 saturated carbocycles. The van der Waals surface area contributed by atoms with Gasteiger partial charge in [0.2, 0.25) is 5.43 Å². The molecular weight excluding hydrogens is 494 g/mol. The summed E-state index contributed by atoms with van der Waals surface area (Å²) in [5, 5.41) is 0.172. The number of fused-ring (bicyclic) bond motifs is 1. The molecule has 1 saturated heterocycles. The van der Waals surface area contributed by atoms with Gasteiger partial charge in [0.25, 0.3) is 15.9 Å². The highest BCUT2D eigenvalue weighted by molar-refractivity contribution is 9.10. The van der Waals surface area contributed by atoms with E-state index in [9.17, 15) is 18.0 Å². The molecule has 32 heavy (non-hydrogen) atoms.